The number of rotatable bonds is 6. The van der Waals surface area contributed by atoms with Crippen molar-refractivity contribution in [3.8, 4) is 0 Å². The third-order valence-corrected chi connectivity index (χ3v) is 4.15. The van der Waals surface area contributed by atoms with E-state index in [1.165, 1.54) is 11.1 Å². The van der Waals surface area contributed by atoms with Crippen molar-refractivity contribution in [2.24, 2.45) is 5.92 Å². The average molecular weight is 309 g/mol. The molecule has 1 N–H and O–H groups in total. The number of hydrogen-bond donors (Lipinski definition) is 1. The zero-order valence-corrected chi connectivity index (χ0v) is 14.5. The molecule has 23 heavy (non-hydrogen) atoms. The lowest BCUT2D eigenvalue weighted by Gasteiger charge is -2.23. The summed E-state index contributed by atoms with van der Waals surface area (Å²) in [6.07, 6.45) is 0.425. The SMILES string of the molecule is CC(C)c1ccc([C@@H](NC(=O)Cc2ccccc2)C(C)C)cc1. The van der Waals surface area contributed by atoms with E-state index in [0.717, 1.165) is 5.56 Å². The lowest BCUT2D eigenvalue weighted by Crippen LogP contribution is -2.32. The van der Waals surface area contributed by atoms with Gasteiger partial charge in [-0.2, -0.15) is 0 Å². The van der Waals surface area contributed by atoms with Crippen molar-refractivity contribution in [1.82, 2.24) is 5.32 Å². The summed E-state index contributed by atoms with van der Waals surface area (Å²) in [7, 11) is 0. The molecule has 0 fully saturated rings. The summed E-state index contributed by atoms with van der Waals surface area (Å²) >= 11 is 0. The molecule has 2 rings (SSSR count). The van der Waals surface area contributed by atoms with Crippen molar-refractivity contribution in [1.29, 1.82) is 0 Å². The molecule has 1 atom stereocenters. The van der Waals surface area contributed by atoms with Gasteiger partial charge in [0, 0.05) is 0 Å². The minimum atomic E-state index is 0.0485. The number of carbonyl (C=O) groups is 1. The molecular formula is C21H27NO. The fourth-order valence-corrected chi connectivity index (χ4v) is 2.73. The first kappa shape index (κ1) is 17.3. The van der Waals surface area contributed by atoms with E-state index >= 15 is 0 Å². The molecule has 2 heteroatoms. The Kier molecular flexibility index (Phi) is 5.97. The Morgan fingerprint density at radius 1 is 0.870 bits per heavy atom. The second-order valence-electron chi connectivity index (χ2n) is 6.77. The van der Waals surface area contributed by atoms with Gasteiger partial charge in [-0.15, -0.1) is 0 Å². The summed E-state index contributed by atoms with van der Waals surface area (Å²) in [5.41, 5.74) is 3.54. The largest absolute Gasteiger partial charge is 0.349 e. The van der Waals surface area contributed by atoms with Gasteiger partial charge in [0.2, 0.25) is 5.91 Å². The molecule has 0 aliphatic carbocycles. The van der Waals surface area contributed by atoms with Crippen molar-refractivity contribution in [3.05, 3.63) is 71.3 Å². The highest BCUT2D eigenvalue weighted by Gasteiger charge is 2.18. The minimum absolute atomic E-state index is 0.0485. The number of hydrogen-bond acceptors (Lipinski definition) is 1. The van der Waals surface area contributed by atoms with E-state index in [1.807, 2.05) is 30.3 Å². The molecule has 1 amide bonds. The third kappa shape index (κ3) is 4.95. The van der Waals surface area contributed by atoms with E-state index in [2.05, 4.69) is 57.3 Å². The Balaban J connectivity index is 2.07. The van der Waals surface area contributed by atoms with Crippen LogP contribution >= 0.6 is 0 Å². The van der Waals surface area contributed by atoms with Gasteiger partial charge >= 0.3 is 0 Å². The molecule has 2 nitrogen and oxygen atoms in total. The second-order valence-corrected chi connectivity index (χ2v) is 6.77. The molecule has 2 aromatic rings. The molecular weight excluding hydrogens is 282 g/mol. The van der Waals surface area contributed by atoms with Crippen LogP contribution in [-0.2, 0) is 11.2 Å². The van der Waals surface area contributed by atoms with Gasteiger partial charge in [0.1, 0.15) is 0 Å². The van der Waals surface area contributed by atoms with Crippen molar-refractivity contribution in [3.63, 3.8) is 0 Å². The summed E-state index contributed by atoms with van der Waals surface area (Å²) in [5, 5.41) is 3.19. The maximum Gasteiger partial charge on any atom is 0.224 e. The first-order valence-corrected chi connectivity index (χ1v) is 8.40. The van der Waals surface area contributed by atoms with E-state index in [4.69, 9.17) is 0 Å². The van der Waals surface area contributed by atoms with E-state index < -0.39 is 0 Å². The van der Waals surface area contributed by atoms with Gasteiger partial charge < -0.3 is 5.32 Å². The van der Waals surface area contributed by atoms with Crippen LogP contribution in [0.5, 0.6) is 0 Å². The maximum atomic E-state index is 12.4. The molecule has 0 heterocycles. The standard InChI is InChI=1S/C21H27NO/c1-15(2)18-10-12-19(13-11-18)21(16(3)4)22-20(23)14-17-8-6-5-7-9-17/h5-13,15-16,21H,14H2,1-4H3,(H,22,23)/t21-/m0/s1. The molecule has 0 radical (unpaired) electrons. The van der Waals surface area contributed by atoms with Gasteiger partial charge in [-0.1, -0.05) is 82.3 Å². The van der Waals surface area contributed by atoms with Crippen molar-refractivity contribution < 1.29 is 4.79 Å². The van der Waals surface area contributed by atoms with E-state index in [-0.39, 0.29) is 11.9 Å². The third-order valence-electron chi connectivity index (χ3n) is 4.15. The molecule has 0 saturated heterocycles. The molecule has 0 unspecified atom stereocenters. The Morgan fingerprint density at radius 3 is 1.96 bits per heavy atom. The summed E-state index contributed by atoms with van der Waals surface area (Å²) in [4.78, 5) is 12.4. The molecule has 0 bridgehead atoms. The number of amides is 1. The Labute approximate surface area is 139 Å². The smallest absolute Gasteiger partial charge is 0.224 e. The van der Waals surface area contributed by atoms with Gasteiger partial charge in [-0.3, -0.25) is 4.79 Å². The maximum absolute atomic E-state index is 12.4. The molecule has 0 saturated carbocycles. The molecule has 2 aromatic carbocycles. The fourth-order valence-electron chi connectivity index (χ4n) is 2.73. The molecule has 0 aliphatic heterocycles. The van der Waals surface area contributed by atoms with Crippen LogP contribution in [0.25, 0.3) is 0 Å². The second kappa shape index (κ2) is 7.96. The Bertz CT molecular complexity index is 614. The number of benzene rings is 2. The van der Waals surface area contributed by atoms with Crippen molar-refractivity contribution >= 4 is 5.91 Å². The lowest BCUT2D eigenvalue weighted by molar-refractivity contribution is -0.121. The number of carbonyl (C=O) groups excluding carboxylic acids is 1. The normalized spacial score (nSPS) is 12.4. The highest BCUT2D eigenvalue weighted by Crippen LogP contribution is 2.24. The zero-order valence-electron chi connectivity index (χ0n) is 14.5. The van der Waals surface area contributed by atoms with Crippen LogP contribution in [-0.4, -0.2) is 5.91 Å². The molecule has 122 valence electrons. The first-order chi connectivity index (χ1) is 11.0. The van der Waals surface area contributed by atoms with Gasteiger partial charge in [0.15, 0.2) is 0 Å². The van der Waals surface area contributed by atoms with E-state index in [1.54, 1.807) is 0 Å². The van der Waals surface area contributed by atoms with Crippen LogP contribution < -0.4 is 5.32 Å². The monoisotopic (exact) mass is 309 g/mol. The number of nitrogens with one attached hydrogen (secondary N) is 1. The Hall–Kier alpha value is -2.09. The lowest BCUT2D eigenvalue weighted by atomic mass is 9.93. The van der Waals surface area contributed by atoms with Crippen LogP contribution in [0.4, 0.5) is 0 Å². The van der Waals surface area contributed by atoms with Gasteiger partial charge in [0.25, 0.3) is 0 Å². The van der Waals surface area contributed by atoms with E-state index in [0.29, 0.717) is 18.3 Å². The Morgan fingerprint density at radius 2 is 1.43 bits per heavy atom. The summed E-state index contributed by atoms with van der Waals surface area (Å²) in [5.74, 6) is 0.941. The quantitative estimate of drug-likeness (QED) is 0.810. The van der Waals surface area contributed by atoms with Gasteiger partial charge in [0.05, 0.1) is 12.5 Å². The minimum Gasteiger partial charge on any atom is -0.349 e. The average Bonchev–Trinajstić information content (AvgIpc) is 2.53. The topological polar surface area (TPSA) is 29.1 Å². The van der Waals surface area contributed by atoms with Crippen LogP contribution in [0, 0.1) is 5.92 Å². The predicted molar refractivity (Wildman–Crippen MR) is 96.4 cm³/mol. The summed E-state index contributed by atoms with van der Waals surface area (Å²) in [6.45, 7) is 8.67. The fraction of sp³-hybridized carbons (Fsp3) is 0.381. The van der Waals surface area contributed by atoms with Crippen molar-refractivity contribution in [2.45, 2.75) is 46.1 Å². The molecule has 0 aromatic heterocycles. The van der Waals surface area contributed by atoms with Crippen LogP contribution in [0.1, 0.15) is 56.3 Å². The summed E-state index contributed by atoms with van der Waals surface area (Å²) in [6, 6.07) is 18.5. The highest BCUT2D eigenvalue weighted by atomic mass is 16.1. The van der Waals surface area contributed by atoms with Crippen LogP contribution in [0.2, 0.25) is 0 Å². The zero-order chi connectivity index (χ0) is 16.8. The summed E-state index contributed by atoms with van der Waals surface area (Å²) < 4.78 is 0. The first-order valence-electron chi connectivity index (χ1n) is 8.40. The highest BCUT2D eigenvalue weighted by molar-refractivity contribution is 5.79. The molecule has 0 spiro atoms. The van der Waals surface area contributed by atoms with Gasteiger partial charge in [-0.05, 0) is 28.5 Å². The van der Waals surface area contributed by atoms with Crippen molar-refractivity contribution in [2.75, 3.05) is 0 Å². The van der Waals surface area contributed by atoms with Crippen LogP contribution in [0.3, 0.4) is 0 Å². The van der Waals surface area contributed by atoms with Crippen LogP contribution in [0.15, 0.2) is 54.6 Å². The van der Waals surface area contributed by atoms with Gasteiger partial charge in [-0.25, -0.2) is 0 Å². The van der Waals surface area contributed by atoms with E-state index in [9.17, 15) is 4.79 Å². The molecule has 0 aliphatic rings. The predicted octanol–water partition coefficient (Wildman–Crippen LogP) is 4.87.